The Hall–Kier alpha value is -1.42. The molecule has 0 unspecified atom stereocenters. The van der Waals surface area contributed by atoms with Crippen LogP contribution in [0.1, 0.15) is 18.4 Å². The molecule has 1 aliphatic rings. The van der Waals surface area contributed by atoms with Crippen LogP contribution >= 0.6 is 0 Å². The topological polar surface area (TPSA) is 79.2 Å². The summed E-state index contributed by atoms with van der Waals surface area (Å²) in [5.74, 6) is 0. The molecule has 0 amide bonds. The normalized spacial score (nSPS) is 19.6. The zero-order valence-corrected chi connectivity index (χ0v) is 10.6. The maximum Gasteiger partial charge on any atom is 0.240 e. The Morgan fingerprint density at radius 1 is 1.39 bits per heavy atom. The van der Waals surface area contributed by atoms with Gasteiger partial charge in [-0.15, -0.1) is 0 Å². The van der Waals surface area contributed by atoms with Crippen LogP contribution in [0.4, 0.5) is 0 Å². The lowest BCUT2D eigenvalue weighted by Gasteiger charge is -2.11. The molecule has 0 spiro atoms. The van der Waals surface area contributed by atoms with Crippen molar-refractivity contribution in [3.8, 4) is 6.07 Å². The maximum absolute atomic E-state index is 11.9. The molecule has 1 fully saturated rings. The summed E-state index contributed by atoms with van der Waals surface area (Å²) in [7, 11) is -3.51. The van der Waals surface area contributed by atoms with Crippen molar-refractivity contribution in [1.29, 1.82) is 5.26 Å². The lowest BCUT2D eigenvalue weighted by molar-refractivity contribution is 0.114. The van der Waals surface area contributed by atoms with Crippen molar-refractivity contribution in [3.63, 3.8) is 0 Å². The van der Waals surface area contributed by atoms with E-state index in [0.29, 0.717) is 18.7 Å². The first kappa shape index (κ1) is 13.0. The summed E-state index contributed by atoms with van der Waals surface area (Å²) in [5, 5.41) is 8.65. The SMILES string of the molecule is N#Cc1ccc(S(=O)(=O)NC[C@H]2CCCO2)cc1. The van der Waals surface area contributed by atoms with E-state index in [4.69, 9.17) is 10.00 Å². The third-order valence-corrected chi connectivity index (χ3v) is 4.26. The largest absolute Gasteiger partial charge is 0.377 e. The van der Waals surface area contributed by atoms with Gasteiger partial charge in [0.1, 0.15) is 0 Å². The first-order chi connectivity index (χ1) is 8.62. The van der Waals surface area contributed by atoms with Gasteiger partial charge in [0.25, 0.3) is 0 Å². The van der Waals surface area contributed by atoms with Crippen molar-refractivity contribution in [2.45, 2.75) is 23.8 Å². The average Bonchev–Trinajstić information content (AvgIpc) is 2.90. The molecule has 18 heavy (non-hydrogen) atoms. The molecule has 0 bridgehead atoms. The van der Waals surface area contributed by atoms with Crippen LogP contribution in [-0.4, -0.2) is 27.7 Å². The van der Waals surface area contributed by atoms with Crippen molar-refractivity contribution in [2.24, 2.45) is 0 Å². The average molecular weight is 266 g/mol. The molecule has 2 rings (SSSR count). The number of rotatable bonds is 4. The van der Waals surface area contributed by atoms with Crippen LogP contribution in [0.3, 0.4) is 0 Å². The van der Waals surface area contributed by atoms with Gasteiger partial charge in [-0.1, -0.05) is 0 Å². The molecular formula is C12H14N2O3S. The minimum atomic E-state index is -3.51. The number of benzene rings is 1. The molecule has 0 aliphatic carbocycles. The summed E-state index contributed by atoms with van der Waals surface area (Å²) >= 11 is 0. The van der Waals surface area contributed by atoms with E-state index in [9.17, 15) is 8.42 Å². The van der Waals surface area contributed by atoms with Crippen LogP contribution in [0.15, 0.2) is 29.2 Å². The third kappa shape index (κ3) is 3.07. The number of nitrogens with one attached hydrogen (secondary N) is 1. The van der Waals surface area contributed by atoms with E-state index in [1.54, 1.807) is 0 Å². The number of hydrogen-bond donors (Lipinski definition) is 1. The summed E-state index contributed by atoms with van der Waals surface area (Å²) in [6.45, 7) is 0.992. The minimum Gasteiger partial charge on any atom is -0.377 e. The van der Waals surface area contributed by atoms with E-state index in [0.717, 1.165) is 12.8 Å². The number of nitriles is 1. The second-order valence-corrected chi connectivity index (χ2v) is 5.89. The van der Waals surface area contributed by atoms with Crippen molar-refractivity contribution in [1.82, 2.24) is 4.72 Å². The molecule has 1 aliphatic heterocycles. The molecule has 1 atom stereocenters. The number of sulfonamides is 1. The molecular weight excluding hydrogens is 252 g/mol. The van der Waals surface area contributed by atoms with Gasteiger partial charge in [-0.25, -0.2) is 13.1 Å². The van der Waals surface area contributed by atoms with Gasteiger partial charge in [0.2, 0.25) is 10.0 Å². The van der Waals surface area contributed by atoms with E-state index in [-0.39, 0.29) is 11.0 Å². The molecule has 0 saturated carbocycles. The fourth-order valence-corrected chi connectivity index (χ4v) is 2.87. The minimum absolute atomic E-state index is 0.0295. The molecule has 1 N–H and O–H groups in total. The van der Waals surface area contributed by atoms with Crippen LogP contribution in [0, 0.1) is 11.3 Å². The lowest BCUT2D eigenvalue weighted by atomic mass is 10.2. The Morgan fingerprint density at radius 3 is 2.67 bits per heavy atom. The van der Waals surface area contributed by atoms with Crippen molar-refractivity contribution in [3.05, 3.63) is 29.8 Å². The van der Waals surface area contributed by atoms with Gasteiger partial charge < -0.3 is 4.74 Å². The highest BCUT2D eigenvalue weighted by molar-refractivity contribution is 7.89. The van der Waals surface area contributed by atoms with Crippen LogP contribution in [0.5, 0.6) is 0 Å². The van der Waals surface area contributed by atoms with E-state index < -0.39 is 10.0 Å². The number of nitrogens with zero attached hydrogens (tertiary/aromatic N) is 1. The Bertz CT molecular complexity index is 540. The summed E-state index contributed by atoms with van der Waals surface area (Å²) in [5.41, 5.74) is 0.438. The van der Waals surface area contributed by atoms with Crippen molar-refractivity contribution >= 4 is 10.0 Å². The summed E-state index contributed by atoms with van der Waals surface area (Å²) in [4.78, 5) is 0.166. The highest BCUT2D eigenvalue weighted by Gasteiger charge is 2.20. The van der Waals surface area contributed by atoms with Gasteiger partial charge in [0, 0.05) is 13.2 Å². The highest BCUT2D eigenvalue weighted by atomic mass is 32.2. The quantitative estimate of drug-likeness (QED) is 0.882. The smallest absolute Gasteiger partial charge is 0.240 e. The van der Waals surface area contributed by atoms with Crippen LogP contribution < -0.4 is 4.72 Å². The fraction of sp³-hybridized carbons (Fsp3) is 0.417. The Balaban J connectivity index is 2.02. The maximum atomic E-state index is 11.9. The van der Waals surface area contributed by atoms with E-state index >= 15 is 0 Å². The van der Waals surface area contributed by atoms with Crippen LogP contribution in [-0.2, 0) is 14.8 Å². The van der Waals surface area contributed by atoms with E-state index in [2.05, 4.69) is 4.72 Å². The highest BCUT2D eigenvalue weighted by Crippen LogP contribution is 2.13. The van der Waals surface area contributed by atoms with Gasteiger partial charge >= 0.3 is 0 Å². The van der Waals surface area contributed by atoms with Gasteiger partial charge in [0.05, 0.1) is 22.6 Å². The molecule has 1 aromatic rings. The van der Waals surface area contributed by atoms with Gasteiger partial charge in [0.15, 0.2) is 0 Å². The number of hydrogen-bond acceptors (Lipinski definition) is 4. The molecule has 1 heterocycles. The van der Waals surface area contributed by atoms with Crippen molar-refractivity contribution in [2.75, 3.05) is 13.2 Å². The summed E-state index contributed by atoms with van der Waals surface area (Å²) in [6.07, 6.45) is 1.83. The molecule has 1 saturated heterocycles. The molecule has 1 aromatic carbocycles. The first-order valence-corrected chi connectivity index (χ1v) is 7.21. The Labute approximate surface area is 106 Å². The second-order valence-electron chi connectivity index (χ2n) is 4.12. The zero-order chi connectivity index (χ0) is 13.0. The Morgan fingerprint density at radius 2 is 2.11 bits per heavy atom. The van der Waals surface area contributed by atoms with E-state index in [1.807, 2.05) is 6.07 Å². The number of ether oxygens (including phenoxy) is 1. The third-order valence-electron chi connectivity index (χ3n) is 2.82. The van der Waals surface area contributed by atoms with Crippen molar-refractivity contribution < 1.29 is 13.2 Å². The molecule has 0 aromatic heterocycles. The van der Waals surface area contributed by atoms with Gasteiger partial charge in [-0.2, -0.15) is 5.26 Å². The molecule has 6 heteroatoms. The predicted molar refractivity (Wildman–Crippen MR) is 65.3 cm³/mol. The molecule has 96 valence electrons. The lowest BCUT2D eigenvalue weighted by Crippen LogP contribution is -2.31. The fourth-order valence-electron chi connectivity index (χ4n) is 1.80. The summed E-state index contributed by atoms with van der Waals surface area (Å²) < 4.78 is 31.7. The van der Waals surface area contributed by atoms with Gasteiger partial charge in [-0.05, 0) is 37.1 Å². The second kappa shape index (κ2) is 5.48. The molecule has 5 nitrogen and oxygen atoms in total. The standard InChI is InChI=1S/C12H14N2O3S/c13-8-10-3-5-12(6-4-10)18(15,16)14-9-11-2-1-7-17-11/h3-6,11,14H,1-2,7,9H2/t11-/m1/s1. The molecule has 0 radical (unpaired) electrons. The predicted octanol–water partition coefficient (Wildman–Crippen LogP) is 1.02. The Kier molecular flexibility index (Phi) is 3.97. The monoisotopic (exact) mass is 266 g/mol. The van der Waals surface area contributed by atoms with Crippen LogP contribution in [0.25, 0.3) is 0 Å². The van der Waals surface area contributed by atoms with Gasteiger partial charge in [-0.3, -0.25) is 0 Å². The van der Waals surface area contributed by atoms with E-state index in [1.165, 1.54) is 24.3 Å². The first-order valence-electron chi connectivity index (χ1n) is 5.73. The summed E-state index contributed by atoms with van der Waals surface area (Å²) in [6, 6.07) is 7.77. The van der Waals surface area contributed by atoms with Crippen LogP contribution in [0.2, 0.25) is 0 Å². The zero-order valence-electron chi connectivity index (χ0n) is 9.80.